The second-order valence-electron chi connectivity index (χ2n) is 6.78. The second kappa shape index (κ2) is 6.49. The zero-order valence-electron chi connectivity index (χ0n) is 12.1. The van der Waals surface area contributed by atoms with Crippen LogP contribution in [0.1, 0.15) is 50.5 Å². The van der Waals surface area contributed by atoms with Crippen LogP contribution in [-0.2, 0) is 6.42 Å². The molecule has 2 heteroatoms. The highest BCUT2D eigenvalue weighted by Gasteiger charge is 2.34. The third kappa shape index (κ3) is 3.38. The Labute approximate surface area is 127 Å². The maximum atomic E-state index is 10.6. The average molecular weight is 293 g/mol. The molecule has 1 aromatic rings. The Balaban J connectivity index is 1.58. The molecule has 4 atom stereocenters. The van der Waals surface area contributed by atoms with Gasteiger partial charge in [0.1, 0.15) is 0 Å². The van der Waals surface area contributed by atoms with Crippen molar-refractivity contribution in [1.82, 2.24) is 0 Å². The van der Waals surface area contributed by atoms with E-state index in [2.05, 4.69) is 6.07 Å². The monoisotopic (exact) mass is 292 g/mol. The molecule has 2 aliphatic carbocycles. The average Bonchev–Trinajstić information content (AvgIpc) is 2.47. The number of fused-ring (bicyclic) bond motifs is 1. The molecule has 1 aromatic carbocycles. The van der Waals surface area contributed by atoms with Gasteiger partial charge in [0.15, 0.2) is 0 Å². The summed E-state index contributed by atoms with van der Waals surface area (Å²) >= 11 is 6.02. The molecule has 2 fully saturated rings. The zero-order chi connectivity index (χ0) is 13.9. The van der Waals surface area contributed by atoms with Gasteiger partial charge in [-0.1, -0.05) is 49.4 Å². The first-order valence-electron chi connectivity index (χ1n) is 8.15. The van der Waals surface area contributed by atoms with Gasteiger partial charge in [-0.3, -0.25) is 0 Å². The fourth-order valence-electron chi connectivity index (χ4n) is 4.33. The number of benzene rings is 1. The molecule has 1 N–H and O–H groups in total. The highest BCUT2D eigenvalue weighted by Crippen LogP contribution is 2.43. The molecule has 4 unspecified atom stereocenters. The topological polar surface area (TPSA) is 20.2 Å². The standard InChI is InChI=1S/C18H25ClO/c19-17-7-3-4-13(10-17)11-18(20)16-9-8-14-5-1-2-6-15(14)12-16/h3-4,7,10,14-16,18,20H,1-2,5-6,8-9,11-12H2. The zero-order valence-corrected chi connectivity index (χ0v) is 12.9. The van der Waals surface area contributed by atoms with Crippen LogP contribution < -0.4 is 0 Å². The van der Waals surface area contributed by atoms with Crippen LogP contribution in [0.15, 0.2) is 24.3 Å². The van der Waals surface area contributed by atoms with Crippen LogP contribution in [0.2, 0.25) is 5.02 Å². The molecule has 0 aromatic heterocycles. The lowest BCUT2D eigenvalue weighted by molar-refractivity contribution is 0.0361. The van der Waals surface area contributed by atoms with Crippen LogP contribution in [0.3, 0.4) is 0 Å². The predicted octanol–water partition coefficient (Wildman–Crippen LogP) is 4.85. The van der Waals surface area contributed by atoms with Crippen molar-refractivity contribution in [3.63, 3.8) is 0 Å². The third-order valence-electron chi connectivity index (χ3n) is 5.46. The molecule has 2 aliphatic rings. The Bertz CT molecular complexity index is 445. The van der Waals surface area contributed by atoms with Gasteiger partial charge in [-0.05, 0) is 61.1 Å². The molecule has 0 bridgehead atoms. The minimum Gasteiger partial charge on any atom is -0.392 e. The van der Waals surface area contributed by atoms with Crippen molar-refractivity contribution in [2.75, 3.05) is 0 Å². The van der Waals surface area contributed by atoms with Gasteiger partial charge in [0.2, 0.25) is 0 Å². The molecule has 2 saturated carbocycles. The van der Waals surface area contributed by atoms with Crippen LogP contribution in [-0.4, -0.2) is 11.2 Å². The summed E-state index contributed by atoms with van der Waals surface area (Å²) in [6, 6.07) is 7.92. The quantitative estimate of drug-likeness (QED) is 0.844. The van der Waals surface area contributed by atoms with Gasteiger partial charge in [0.05, 0.1) is 6.10 Å². The molecule has 0 amide bonds. The summed E-state index contributed by atoms with van der Waals surface area (Å²) in [4.78, 5) is 0. The fraction of sp³-hybridized carbons (Fsp3) is 0.667. The summed E-state index contributed by atoms with van der Waals surface area (Å²) in [5.41, 5.74) is 1.16. The number of hydrogen-bond donors (Lipinski definition) is 1. The lowest BCUT2D eigenvalue weighted by Crippen LogP contribution is -2.34. The highest BCUT2D eigenvalue weighted by molar-refractivity contribution is 6.30. The summed E-state index contributed by atoms with van der Waals surface area (Å²) in [6.45, 7) is 0. The summed E-state index contributed by atoms with van der Waals surface area (Å²) in [6.07, 6.45) is 10.00. The molecular formula is C18H25ClO. The molecule has 0 saturated heterocycles. The van der Waals surface area contributed by atoms with Crippen LogP contribution in [0.4, 0.5) is 0 Å². The van der Waals surface area contributed by atoms with E-state index in [0.717, 1.165) is 28.8 Å². The van der Waals surface area contributed by atoms with E-state index >= 15 is 0 Å². The van der Waals surface area contributed by atoms with Crippen molar-refractivity contribution in [3.05, 3.63) is 34.9 Å². The van der Waals surface area contributed by atoms with Crippen molar-refractivity contribution >= 4 is 11.6 Å². The lowest BCUT2D eigenvalue weighted by atomic mass is 9.66. The molecule has 3 rings (SSSR count). The SMILES string of the molecule is OC(Cc1cccc(Cl)c1)C1CCC2CCCCC2C1. The van der Waals surface area contributed by atoms with Crippen LogP contribution in [0.5, 0.6) is 0 Å². The molecule has 0 heterocycles. The van der Waals surface area contributed by atoms with E-state index in [1.54, 1.807) is 0 Å². The number of hydrogen-bond acceptors (Lipinski definition) is 1. The Hall–Kier alpha value is -0.530. The summed E-state index contributed by atoms with van der Waals surface area (Å²) in [5, 5.41) is 11.3. The van der Waals surface area contributed by atoms with Crippen molar-refractivity contribution in [3.8, 4) is 0 Å². The number of rotatable bonds is 3. The van der Waals surface area contributed by atoms with Crippen molar-refractivity contribution < 1.29 is 5.11 Å². The van der Waals surface area contributed by atoms with Crippen molar-refractivity contribution in [2.45, 2.75) is 57.5 Å². The smallest absolute Gasteiger partial charge is 0.0608 e. The Morgan fingerprint density at radius 2 is 1.90 bits per heavy atom. The van der Waals surface area contributed by atoms with E-state index in [1.165, 1.54) is 44.9 Å². The Kier molecular flexibility index (Phi) is 4.68. The van der Waals surface area contributed by atoms with Gasteiger partial charge >= 0.3 is 0 Å². The van der Waals surface area contributed by atoms with Crippen LogP contribution in [0.25, 0.3) is 0 Å². The largest absolute Gasteiger partial charge is 0.392 e. The van der Waals surface area contributed by atoms with E-state index in [1.807, 2.05) is 18.2 Å². The Morgan fingerprint density at radius 3 is 2.70 bits per heavy atom. The fourth-order valence-corrected chi connectivity index (χ4v) is 4.54. The third-order valence-corrected chi connectivity index (χ3v) is 5.69. The number of aliphatic hydroxyl groups excluding tert-OH is 1. The summed E-state index contributed by atoms with van der Waals surface area (Å²) in [5.74, 6) is 2.34. The minimum atomic E-state index is -0.198. The summed E-state index contributed by atoms with van der Waals surface area (Å²) < 4.78 is 0. The van der Waals surface area contributed by atoms with Gasteiger partial charge in [-0.25, -0.2) is 0 Å². The minimum absolute atomic E-state index is 0.198. The van der Waals surface area contributed by atoms with Crippen LogP contribution >= 0.6 is 11.6 Å². The first-order valence-corrected chi connectivity index (χ1v) is 8.52. The van der Waals surface area contributed by atoms with Gasteiger partial charge in [-0.15, -0.1) is 0 Å². The predicted molar refractivity (Wildman–Crippen MR) is 84.0 cm³/mol. The van der Waals surface area contributed by atoms with E-state index in [0.29, 0.717) is 5.92 Å². The van der Waals surface area contributed by atoms with Gasteiger partial charge < -0.3 is 5.11 Å². The molecule has 0 spiro atoms. The van der Waals surface area contributed by atoms with Crippen molar-refractivity contribution in [2.24, 2.45) is 17.8 Å². The summed E-state index contributed by atoms with van der Waals surface area (Å²) in [7, 11) is 0. The molecular weight excluding hydrogens is 268 g/mol. The van der Waals surface area contributed by atoms with Gasteiger partial charge in [0.25, 0.3) is 0 Å². The number of aliphatic hydroxyl groups is 1. The first kappa shape index (κ1) is 14.4. The molecule has 20 heavy (non-hydrogen) atoms. The van der Waals surface area contributed by atoms with Gasteiger partial charge in [0, 0.05) is 5.02 Å². The second-order valence-corrected chi connectivity index (χ2v) is 7.22. The maximum Gasteiger partial charge on any atom is 0.0608 e. The van der Waals surface area contributed by atoms with Crippen LogP contribution in [0, 0.1) is 17.8 Å². The van der Waals surface area contributed by atoms with E-state index in [4.69, 9.17) is 11.6 Å². The van der Waals surface area contributed by atoms with E-state index < -0.39 is 0 Å². The van der Waals surface area contributed by atoms with E-state index in [-0.39, 0.29) is 6.10 Å². The van der Waals surface area contributed by atoms with Gasteiger partial charge in [-0.2, -0.15) is 0 Å². The lowest BCUT2D eigenvalue weighted by Gasteiger charge is -2.40. The first-order chi connectivity index (χ1) is 9.72. The molecule has 1 nitrogen and oxygen atoms in total. The maximum absolute atomic E-state index is 10.6. The molecule has 110 valence electrons. The van der Waals surface area contributed by atoms with Crippen molar-refractivity contribution in [1.29, 1.82) is 0 Å². The Morgan fingerprint density at radius 1 is 1.10 bits per heavy atom. The van der Waals surface area contributed by atoms with E-state index in [9.17, 15) is 5.11 Å². The molecule has 0 radical (unpaired) electrons. The number of halogens is 1. The highest BCUT2D eigenvalue weighted by atomic mass is 35.5. The molecule has 0 aliphatic heterocycles. The normalized spacial score (nSPS) is 31.6.